The van der Waals surface area contributed by atoms with Crippen LogP contribution in [0.5, 0.6) is 0 Å². The Bertz CT molecular complexity index is 509. The number of nitriles is 1. The first kappa shape index (κ1) is 12.6. The molecule has 0 bridgehead atoms. The van der Waals surface area contributed by atoms with Crippen molar-refractivity contribution in [2.45, 2.75) is 32.1 Å². The fourth-order valence-electron chi connectivity index (χ4n) is 2.37. The van der Waals surface area contributed by atoms with Crippen LogP contribution in [0.1, 0.15) is 48.4 Å². The fourth-order valence-corrected chi connectivity index (χ4v) is 2.37. The van der Waals surface area contributed by atoms with Gasteiger partial charge in [0.25, 0.3) is 0 Å². The largest absolute Gasteiger partial charge is 0.464 e. The molecule has 0 aliphatic heterocycles. The summed E-state index contributed by atoms with van der Waals surface area (Å²) in [7, 11) is 3.16. The molecule has 2 rings (SSSR count). The summed E-state index contributed by atoms with van der Waals surface area (Å²) in [6, 6.07) is 2.38. The van der Waals surface area contributed by atoms with Gasteiger partial charge in [0, 0.05) is 13.0 Å². The first-order valence-electron chi connectivity index (χ1n) is 6.04. The van der Waals surface area contributed by atoms with Gasteiger partial charge in [-0.1, -0.05) is 6.92 Å². The Hall–Kier alpha value is -1.83. The first-order valence-corrected chi connectivity index (χ1v) is 6.04. The van der Waals surface area contributed by atoms with E-state index < -0.39 is 0 Å². The van der Waals surface area contributed by atoms with Crippen molar-refractivity contribution in [3.05, 3.63) is 17.7 Å². The number of rotatable bonds is 4. The van der Waals surface area contributed by atoms with E-state index in [1.165, 1.54) is 13.3 Å². The number of carbonyl (C=O) groups excluding carboxylic acids is 1. The van der Waals surface area contributed by atoms with Crippen molar-refractivity contribution < 1.29 is 9.53 Å². The van der Waals surface area contributed by atoms with Crippen LogP contribution in [0.4, 0.5) is 0 Å². The van der Waals surface area contributed by atoms with E-state index in [0.29, 0.717) is 5.69 Å². The van der Waals surface area contributed by atoms with Gasteiger partial charge in [-0.25, -0.2) is 9.78 Å². The lowest BCUT2D eigenvalue weighted by molar-refractivity contribution is 0.0589. The molecule has 5 heteroatoms. The van der Waals surface area contributed by atoms with Crippen molar-refractivity contribution in [2.24, 2.45) is 12.5 Å². The van der Waals surface area contributed by atoms with Crippen LogP contribution in [-0.2, 0) is 11.8 Å². The van der Waals surface area contributed by atoms with Crippen molar-refractivity contribution in [1.82, 2.24) is 9.55 Å². The molecule has 0 aromatic carbocycles. The maximum Gasteiger partial charge on any atom is 0.356 e. The van der Waals surface area contributed by atoms with Gasteiger partial charge in [-0.15, -0.1) is 0 Å². The highest BCUT2D eigenvalue weighted by molar-refractivity contribution is 5.87. The molecule has 1 unspecified atom stereocenters. The lowest BCUT2D eigenvalue weighted by atomic mass is 9.94. The third-order valence-electron chi connectivity index (χ3n) is 3.65. The molecule has 1 aromatic rings. The molecular formula is C13H17N3O2. The molecule has 5 nitrogen and oxygen atoms in total. The third kappa shape index (κ3) is 2.10. The highest BCUT2D eigenvalue weighted by Crippen LogP contribution is 2.51. The van der Waals surface area contributed by atoms with E-state index in [1.54, 1.807) is 11.6 Å². The summed E-state index contributed by atoms with van der Waals surface area (Å²) in [5.41, 5.74) is 0.290. The molecule has 1 aliphatic rings. The van der Waals surface area contributed by atoms with Crippen molar-refractivity contribution in [3.63, 3.8) is 0 Å². The summed E-state index contributed by atoms with van der Waals surface area (Å²) in [5, 5.41) is 9.10. The highest BCUT2D eigenvalue weighted by atomic mass is 16.5. The van der Waals surface area contributed by atoms with E-state index >= 15 is 0 Å². The molecule has 1 saturated carbocycles. The van der Waals surface area contributed by atoms with Gasteiger partial charge in [0.2, 0.25) is 0 Å². The third-order valence-corrected chi connectivity index (χ3v) is 3.65. The summed E-state index contributed by atoms with van der Waals surface area (Å²) in [5.74, 6) is 0.609. The Morgan fingerprint density at radius 3 is 2.89 bits per heavy atom. The standard InChI is InChI=1S/C13H17N3O2/c1-9(6-13(8-14)4-5-13)11-15-7-10(16(11)2)12(17)18-3/h7,9H,4-6H2,1-3H3. The first-order chi connectivity index (χ1) is 8.53. The lowest BCUT2D eigenvalue weighted by Crippen LogP contribution is -2.13. The van der Waals surface area contributed by atoms with Crippen molar-refractivity contribution in [2.75, 3.05) is 7.11 Å². The summed E-state index contributed by atoms with van der Waals surface area (Å²) < 4.78 is 6.45. The molecular weight excluding hydrogens is 230 g/mol. The lowest BCUT2D eigenvalue weighted by Gasteiger charge is -2.14. The van der Waals surface area contributed by atoms with E-state index in [1.807, 2.05) is 6.92 Å². The van der Waals surface area contributed by atoms with Crippen LogP contribution in [0.2, 0.25) is 0 Å². The minimum absolute atomic E-state index is 0.156. The van der Waals surface area contributed by atoms with Crippen molar-refractivity contribution in [1.29, 1.82) is 5.26 Å². The molecule has 1 atom stereocenters. The number of hydrogen-bond acceptors (Lipinski definition) is 4. The van der Waals surface area contributed by atoms with E-state index in [2.05, 4.69) is 11.1 Å². The zero-order chi connectivity index (χ0) is 13.3. The van der Waals surface area contributed by atoms with Crippen LogP contribution in [0.15, 0.2) is 6.20 Å². The van der Waals surface area contributed by atoms with Crippen LogP contribution < -0.4 is 0 Å². The zero-order valence-electron chi connectivity index (χ0n) is 10.9. The number of hydrogen-bond donors (Lipinski definition) is 0. The topological polar surface area (TPSA) is 67.9 Å². The second kappa shape index (κ2) is 4.45. The monoisotopic (exact) mass is 247 g/mol. The quantitative estimate of drug-likeness (QED) is 0.763. The maximum absolute atomic E-state index is 11.5. The molecule has 96 valence electrons. The highest BCUT2D eigenvalue weighted by Gasteiger charge is 2.44. The van der Waals surface area contributed by atoms with Gasteiger partial charge in [0.15, 0.2) is 0 Å². The molecule has 0 N–H and O–H groups in total. The van der Waals surface area contributed by atoms with Crippen molar-refractivity contribution in [3.8, 4) is 6.07 Å². The summed E-state index contributed by atoms with van der Waals surface area (Å²) in [6.07, 6.45) is 4.28. The smallest absolute Gasteiger partial charge is 0.356 e. The van der Waals surface area contributed by atoms with Gasteiger partial charge in [-0.3, -0.25) is 0 Å². The molecule has 1 fully saturated rings. The Labute approximate surface area is 106 Å². The van der Waals surface area contributed by atoms with Crippen LogP contribution >= 0.6 is 0 Å². The molecule has 1 heterocycles. The van der Waals surface area contributed by atoms with E-state index in [-0.39, 0.29) is 17.3 Å². The Morgan fingerprint density at radius 1 is 1.72 bits per heavy atom. The second-order valence-electron chi connectivity index (χ2n) is 5.05. The maximum atomic E-state index is 11.5. The molecule has 0 radical (unpaired) electrons. The van der Waals surface area contributed by atoms with E-state index in [4.69, 9.17) is 10.00 Å². The van der Waals surface area contributed by atoms with Gasteiger partial charge in [-0.2, -0.15) is 5.26 Å². The predicted molar refractivity (Wildman–Crippen MR) is 64.9 cm³/mol. The SMILES string of the molecule is COC(=O)c1cnc(C(C)CC2(C#N)CC2)n1C. The predicted octanol–water partition coefficient (Wildman–Crippen LogP) is 2.00. The molecule has 0 saturated heterocycles. The number of imidazole rings is 1. The Morgan fingerprint density at radius 2 is 2.39 bits per heavy atom. The second-order valence-corrected chi connectivity index (χ2v) is 5.05. The average Bonchev–Trinajstić information content (AvgIpc) is 3.03. The number of esters is 1. The van der Waals surface area contributed by atoms with Gasteiger partial charge in [-0.05, 0) is 19.3 Å². The van der Waals surface area contributed by atoms with Crippen LogP contribution in [-0.4, -0.2) is 22.6 Å². The minimum atomic E-state index is -0.384. The number of carbonyl (C=O) groups is 1. The Balaban J connectivity index is 2.17. The molecule has 0 amide bonds. The average molecular weight is 247 g/mol. The molecule has 18 heavy (non-hydrogen) atoms. The normalized spacial score (nSPS) is 17.9. The Kier molecular flexibility index (Phi) is 3.12. The molecule has 1 aromatic heterocycles. The number of aromatic nitrogens is 2. The van der Waals surface area contributed by atoms with Crippen LogP contribution in [0.25, 0.3) is 0 Å². The number of ether oxygens (including phenoxy) is 1. The number of nitrogens with zero attached hydrogens (tertiary/aromatic N) is 3. The summed E-state index contributed by atoms with van der Waals surface area (Å²) in [6.45, 7) is 2.04. The van der Waals surface area contributed by atoms with Gasteiger partial charge in [0.1, 0.15) is 11.5 Å². The van der Waals surface area contributed by atoms with E-state index in [0.717, 1.165) is 25.1 Å². The molecule has 1 aliphatic carbocycles. The fraction of sp³-hybridized carbons (Fsp3) is 0.615. The summed E-state index contributed by atoms with van der Waals surface area (Å²) in [4.78, 5) is 15.8. The summed E-state index contributed by atoms with van der Waals surface area (Å²) >= 11 is 0. The van der Waals surface area contributed by atoms with Crippen molar-refractivity contribution >= 4 is 5.97 Å². The molecule has 0 spiro atoms. The van der Waals surface area contributed by atoms with Gasteiger partial charge >= 0.3 is 5.97 Å². The number of methoxy groups -OCH3 is 1. The van der Waals surface area contributed by atoms with E-state index in [9.17, 15) is 4.79 Å². The van der Waals surface area contributed by atoms with Crippen LogP contribution in [0.3, 0.4) is 0 Å². The van der Waals surface area contributed by atoms with Crippen LogP contribution in [0, 0.1) is 16.7 Å². The minimum Gasteiger partial charge on any atom is -0.464 e. The van der Waals surface area contributed by atoms with Gasteiger partial charge in [0.05, 0.1) is 24.8 Å². The van der Waals surface area contributed by atoms with Gasteiger partial charge < -0.3 is 9.30 Å². The zero-order valence-corrected chi connectivity index (χ0v) is 10.9.